The quantitative estimate of drug-likeness (QED) is 0.421. The van der Waals surface area contributed by atoms with E-state index in [0.29, 0.717) is 23.9 Å². The van der Waals surface area contributed by atoms with Gasteiger partial charge in [-0.05, 0) is 73.4 Å². The lowest BCUT2D eigenvalue weighted by Crippen LogP contribution is -2.18. The first-order chi connectivity index (χ1) is 13.5. The van der Waals surface area contributed by atoms with Gasteiger partial charge in [-0.1, -0.05) is 36.4 Å². The molecule has 3 rings (SSSR count). The Hall–Kier alpha value is -3.27. The highest BCUT2D eigenvalue weighted by atomic mass is 16.6. The van der Waals surface area contributed by atoms with Crippen molar-refractivity contribution < 1.29 is 19.0 Å². The van der Waals surface area contributed by atoms with E-state index in [9.17, 15) is 4.79 Å². The maximum absolute atomic E-state index is 12.1. The van der Waals surface area contributed by atoms with Crippen LogP contribution in [-0.2, 0) is 11.4 Å². The molecule has 28 heavy (non-hydrogen) atoms. The number of ether oxygens (including phenoxy) is 3. The highest BCUT2D eigenvalue weighted by molar-refractivity contribution is 5.74. The van der Waals surface area contributed by atoms with E-state index in [1.54, 1.807) is 24.3 Å². The summed E-state index contributed by atoms with van der Waals surface area (Å²) in [4.78, 5) is 12.1. The van der Waals surface area contributed by atoms with Crippen LogP contribution in [0.4, 0.5) is 0 Å². The predicted molar refractivity (Wildman–Crippen MR) is 109 cm³/mol. The zero-order valence-electron chi connectivity index (χ0n) is 16.4. The highest BCUT2D eigenvalue weighted by Crippen LogP contribution is 2.23. The molecule has 4 heteroatoms. The zero-order chi connectivity index (χ0) is 19.9. The molecule has 4 nitrogen and oxygen atoms in total. The molecule has 0 saturated carbocycles. The van der Waals surface area contributed by atoms with Gasteiger partial charge < -0.3 is 14.2 Å². The van der Waals surface area contributed by atoms with Crippen LogP contribution in [-0.4, -0.2) is 12.6 Å². The average Bonchev–Trinajstić information content (AvgIpc) is 2.70. The molecule has 0 aliphatic carbocycles. The Balaban J connectivity index is 1.50. The van der Waals surface area contributed by atoms with Crippen LogP contribution in [0.15, 0.2) is 66.7 Å². The second kappa shape index (κ2) is 9.09. The molecule has 0 unspecified atom stereocenters. The minimum Gasteiger partial charge on any atom is -0.489 e. The third-order valence-corrected chi connectivity index (χ3v) is 4.41. The highest BCUT2D eigenvalue weighted by Gasteiger charge is 2.09. The predicted octanol–water partition coefficient (Wildman–Crippen LogP) is 5.18. The van der Waals surface area contributed by atoms with Crippen molar-refractivity contribution in [1.82, 2.24) is 0 Å². The van der Waals surface area contributed by atoms with Crippen molar-refractivity contribution >= 4 is 5.97 Å². The number of carbonyl (C=O) groups excluding carboxylic acids is 1. The smallest absolute Gasteiger partial charge is 0.349 e. The van der Waals surface area contributed by atoms with Crippen LogP contribution in [0, 0.1) is 20.8 Å². The molecule has 0 aromatic heterocycles. The second-order valence-corrected chi connectivity index (χ2v) is 6.71. The van der Waals surface area contributed by atoms with Crippen molar-refractivity contribution in [2.75, 3.05) is 6.61 Å². The topological polar surface area (TPSA) is 44.8 Å². The van der Waals surface area contributed by atoms with Crippen LogP contribution >= 0.6 is 0 Å². The largest absolute Gasteiger partial charge is 0.489 e. The van der Waals surface area contributed by atoms with Gasteiger partial charge in [0.05, 0.1) is 0 Å². The van der Waals surface area contributed by atoms with Gasteiger partial charge in [-0.15, -0.1) is 0 Å². The zero-order valence-corrected chi connectivity index (χ0v) is 16.4. The van der Waals surface area contributed by atoms with E-state index in [1.165, 1.54) is 0 Å². The van der Waals surface area contributed by atoms with E-state index in [0.717, 1.165) is 22.3 Å². The monoisotopic (exact) mass is 376 g/mol. The fourth-order valence-electron chi connectivity index (χ4n) is 2.79. The first-order valence-corrected chi connectivity index (χ1v) is 9.19. The molecule has 0 saturated heterocycles. The summed E-state index contributed by atoms with van der Waals surface area (Å²) in [6.45, 7) is 6.34. The van der Waals surface area contributed by atoms with Gasteiger partial charge in [0, 0.05) is 0 Å². The number of rotatable bonds is 7. The van der Waals surface area contributed by atoms with E-state index in [-0.39, 0.29) is 6.61 Å². The molecule has 3 aromatic carbocycles. The Kier molecular flexibility index (Phi) is 6.33. The molecular weight excluding hydrogens is 352 g/mol. The second-order valence-electron chi connectivity index (χ2n) is 6.71. The lowest BCUT2D eigenvalue weighted by molar-refractivity contribution is -0.136. The van der Waals surface area contributed by atoms with Gasteiger partial charge in [-0.25, -0.2) is 4.79 Å². The Morgan fingerprint density at radius 2 is 1.50 bits per heavy atom. The van der Waals surface area contributed by atoms with E-state index in [4.69, 9.17) is 14.2 Å². The molecule has 0 atom stereocenters. The Labute approximate surface area is 165 Å². The normalized spacial score (nSPS) is 10.4. The number of hydrogen-bond donors (Lipinski definition) is 0. The van der Waals surface area contributed by atoms with Crippen molar-refractivity contribution in [2.45, 2.75) is 27.4 Å². The molecule has 0 heterocycles. The number of esters is 1. The summed E-state index contributed by atoms with van der Waals surface area (Å²) in [5.41, 5.74) is 4.35. The van der Waals surface area contributed by atoms with Crippen molar-refractivity contribution in [1.29, 1.82) is 0 Å². The molecule has 3 aromatic rings. The van der Waals surface area contributed by atoms with Crippen molar-refractivity contribution in [3.63, 3.8) is 0 Å². The van der Waals surface area contributed by atoms with Crippen LogP contribution in [0.25, 0.3) is 0 Å². The number of benzene rings is 3. The van der Waals surface area contributed by atoms with Gasteiger partial charge in [-0.3, -0.25) is 0 Å². The molecular formula is C24H24O4. The van der Waals surface area contributed by atoms with E-state index in [2.05, 4.69) is 6.07 Å². The number of carbonyl (C=O) groups is 1. The van der Waals surface area contributed by atoms with Crippen LogP contribution in [0.2, 0.25) is 0 Å². The third kappa shape index (κ3) is 5.36. The molecule has 0 bridgehead atoms. The van der Waals surface area contributed by atoms with Gasteiger partial charge in [-0.2, -0.15) is 0 Å². The van der Waals surface area contributed by atoms with Crippen molar-refractivity contribution in [3.05, 3.63) is 89.0 Å². The van der Waals surface area contributed by atoms with Gasteiger partial charge in [0.15, 0.2) is 6.61 Å². The molecule has 144 valence electrons. The minimum atomic E-state index is -0.448. The molecule has 0 N–H and O–H groups in total. The molecule has 0 radical (unpaired) electrons. The fraction of sp³-hybridized carbons (Fsp3) is 0.208. The Morgan fingerprint density at radius 3 is 2.21 bits per heavy atom. The summed E-state index contributed by atoms with van der Waals surface area (Å²) in [6, 6.07) is 20.9. The van der Waals surface area contributed by atoms with Crippen molar-refractivity contribution in [3.8, 4) is 17.2 Å². The maximum atomic E-state index is 12.1. The first kappa shape index (κ1) is 19.5. The Morgan fingerprint density at radius 1 is 0.821 bits per heavy atom. The molecule has 0 aliphatic heterocycles. The standard InChI is InChI=1S/C24H24O4/c1-17-13-18(2)19(3)23(14-17)27-16-24(25)28-22-11-9-21(10-12-22)26-15-20-7-5-4-6-8-20/h4-14H,15-16H2,1-3H3. The van der Waals surface area contributed by atoms with Crippen LogP contribution in [0.1, 0.15) is 22.3 Å². The van der Waals surface area contributed by atoms with Gasteiger partial charge in [0.1, 0.15) is 23.9 Å². The fourth-order valence-corrected chi connectivity index (χ4v) is 2.79. The molecule has 0 fully saturated rings. The van der Waals surface area contributed by atoms with Gasteiger partial charge in [0.25, 0.3) is 0 Å². The van der Waals surface area contributed by atoms with Crippen LogP contribution in [0.3, 0.4) is 0 Å². The summed E-state index contributed by atoms with van der Waals surface area (Å²) in [7, 11) is 0. The van der Waals surface area contributed by atoms with E-state index >= 15 is 0 Å². The minimum absolute atomic E-state index is 0.143. The van der Waals surface area contributed by atoms with Gasteiger partial charge >= 0.3 is 5.97 Å². The third-order valence-electron chi connectivity index (χ3n) is 4.41. The number of aryl methyl sites for hydroxylation is 2. The summed E-state index contributed by atoms with van der Waals surface area (Å²) < 4.78 is 16.7. The van der Waals surface area contributed by atoms with E-state index < -0.39 is 5.97 Å². The Bertz CT molecular complexity index is 931. The van der Waals surface area contributed by atoms with Gasteiger partial charge in [0.2, 0.25) is 0 Å². The van der Waals surface area contributed by atoms with E-state index in [1.807, 2.05) is 57.2 Å². The molecule has 0 aliphatic rings. The molecule has 0 spiro atoms. The average molecular weight is 376 g/mol. The summed E-state index contributed by atoms with van der Waals surface area (Å²) in [6.07, 6.45) is 0. The number of hydrogen-bond acceptors (Lipinski definition) is 4. The summed E-state index contributed by atoms with van der Waals surface area (Å²) in [5.74, 6) is 1.43. The van der Waals surface area contributed by atoms with Crippen molar-refractivity contribution in [2.24, 2.45) is 0 Å². The summed E-state index contributed by atoms with van der Waals surface area (Å²) >= 11 is 0. The molecule has 0 amide bonds. The maximum Gasteiger partial charge on any atom is 0.349 e. The van der Waals surface area contributed by atoms with Crippen LogP contribution < -0.4 is 14.2 Å². The lowest BCUT2D eigenvalue weighted by Gasteiger charge is -2.12. The first-order valence-electron chi connectivity index (χ1n) is 9.19. The lowest BCUT2D eigenvalue weighted by atomic mass is 10.1. The van der Waals surface area contributed by atoms with Crippen LogP contribution in [0.5, 0.6) is 17.2 Å². The summed E-state index contributed by atoms with van der Waals surface area (Å²) in [5, 5.41) is 0. The SMILES string of the molecule is Cc1cc(C)c(C)c(OCC(=O)Oc2ccc(OCc3ccccc3)cc2)c1.